The molecule has 1 aromatic carbocycles. The van der Waals surface area contributed by atoms with E-state index in [0.717, 1.165) is 41.9 Å². The Morgan fingerprint density at radius 2 is 2.17 bits per heavy atom. The number of rotatable bonds is 5. The van der Waals surface area contributed by atoms with Crippen LogP contribution in [0.1, 0.15) is 6.42 Å². The largest absolute Gasteiger partial charge is 0.397 e. The van der Waals surface area contributed by atoms with Gasteiger partial charge in [0.25, 0.3) is 0 Å². The maximum atomic E-state index is 5.95. The molecule has 18 heavy (non-hydrogen) atoms. The second kappa shape index (κ2) is 5.69. The van der Waals surface area contributed by atoms with E-state index in [-0.39, 0.29) is 0 Å². The van der Waals surface area contributed by atoms with Crippen molar-refractivity contribution in [1.29, 1.82) is 0 Å². The Balaban J connectivity index is 2.30. The second-order valence-corrected chi connectivity index (χ2v) is 4.34. The zero-order valence-corrected chi connectivity index (χ0v) is 10.9. The Labute approximate surface area is 107 Å². The fourth-order valence-electron chi connectivity index (χ4n) is 2.08. The second-order valence-electron chi connectivity index (χ2n) is 4.34. The molecule has 2 N–H and O–H groups in total. The highest BCUT2D eigenvalue weighted by Crippen LogP contribution is 2.28. The third kappa shape index (κ3) is 2.54. The molecular formula is C14H19N3O. The normalized spacial score (nSPS) is 10.8. The highest BCUT2D eigenvalue weighted by atomic mass is 16.5. The van der Waals surface area contributed by atoms with Gasteiger partial charge in [-0.2, -0.15) is 0 Å². The molecule has 96 valence electrons. The predicted octanol–water partition coefficient (Wildman–Crippen LogP) is 2.29. The summed E-state index contributed by atoms with van der Waals surface area (Å²) >= 11 is 0. The summed E-state index contributed by atoms with van der Waals surface area (Å²) in [5.41, 5.74) is 8.69. The number of ether oxygens (including phenoxy) is 1. The molecule has 0 atom stereocenters. The molecule has 0 saturated heterocycles. The van der Waals surface area contributed by atoms with Gasteiger partial charge >= 0.3 is 0 Å². The molecule has 4 heteroatoms. The van der Waals surface area contributed by atoms with Crippen LogP contribution in [-0.2, 0) is 4.74 Å². The number of nitrogens with zero attached hydrogens (tertiary/aromatic N) is 2. The third-order valence-electron chi connectivity index (χ3n) is 3.03. The van der Waals surface area contributed by atoms with Gasteiger partial charge in [-0.15, -0.1) is 0 Å². The highest BCUT2D eigenvalue weighted by molar-refractivity contribution is 5.98. The summed E-state index contributed by atoms with van der Waals surface area (Å²) in [6.07, 6.45) is 2.77. The first kappa shape index (κ1) is 12.6. The molecule has 0 bridgehead atoms. The fourth-order valence-corrected chi connectivity index (χ4v) is 2.08. The number of aromatic nitrogens is 1. The Kier molecular flexibility index (Phi) is 3.99. The van der Waals surface area contributed by atoms with Crippen LogP contribution < -0.4 is 10.6 Å². The number of methoxy groups -OCH3 is 1. The van der Waals surface area contributed by atoms with Crippen molar-refractivity contribution in [2.45, 2.75) is 6.42 Å². The first-order valence-electron chi connectivity index (χ1n) is 6.07. The molecule has 0 aliphatic carbocycles. The number of nitrogens with two attached hydrogens (primary N) is 1. The average molecular weight is 245 g/mol. The molecule has 0 aliphatic heterocycles. The SMILES string of the molecule is COCCCN(C)c1ccc(N)c2ncccc12. The summed E-state index contributed by atoms with van der Waals surface area (Å²) in [4.78, 5) is 6.55. The average Bonchev–Trinajstić information content (AvgIpc) is 2.39. The van der Waals surface area contributed by atoms with Gasteiger partial charge < -0.3 is 15.4 Å². The number of fused-ring (bicyclic) bond motifs is 1. The van der Waals surface area contributed by atoms with E-state index in [0.29, 0.717) is 0 Å². The zero-order chi connectivity index (χ0) is 13.0. The Morgan fingerprint density at radius 3 is 2.94 bits per heavy atom. The molecule has 0 saturated carbocycles. The Bertz CT molecular complexity index is 527. The number of benzene rings is 1. The van der Waals surface area contributed by atoms with Gasteiger partial charge in [-0.05, 0) is 30.7 Å². The van der Waals surface area contributed by atoms with E-state index in [1.54, 1.807) is 13.3 Å². The quantitative estimate of drug-likeness (QED) is 0.648. The molecule has 2 aromatic rings. The van der Waals surface area contributed by atoms with E-state index < -0.39 is 0 Å². The molecule has 0 radical (unpaired) electrons. The van der Waals surface area contributed by atoms with Gasteiger partial charge in [-0.3, -0.25) is 4.98 Å². The smallest absolute Gasteiger partial charge is 0.0951 e. The van der Waals surface area contributed by atoms with Gasteiger partial charge in [-0.25, -0.2) is 0 Å². The van der Waals surface area contributed by atoms with Crippen molar-refractivity contribution in [3.05, 3.63) is 30.5 Å². The van der Waals surface area contributed by atoms with Crippen molar-refractivity contribution in [1.82, 2.24) is 4.98 Å². The predicted molar refractivity (Wildman–Crippen MR) is 75.9 cm³/mol. The molecule has 0 unspecified atom stereocenters. The Hall–Kier alpha value is -1.81. The van der Waals surface area contributed by atoms with Gasteiger partial charge in [0, 0.05) is 44.6 Å². The van der Waals surface area contributed by atoms with E-state index in [2.05, 4.69) is 23.0 Å². The van der Waals surface area contributed by atoms with Gasteiger partial charge in [0.05, 0.1) is 11.2 Å². The molecule has 2 rings (SSSR count). The number of anilines is 2. The summed E-state index contributed by atoms with van der Waals surface area (Å²) in [5, 5.41) is 1.09. The number of hydrogen-bond acceptors (Lipinski definition) is 4. The summed E-state index contributed by atoms with van der Waals surface area (Å²) in [5.74, 6) is 0. The maximum absolute atomic E-state index is 5.95. The molecule has 0 aliphatic rings. The van der Waals surface area contributed by atoms with Crippen molar-refractivity contribution < 1.29 is 4.74 Å². The van der Waals surface area contributed by atoms with Crippen LogP contribution in [-0.4, -0.2) is 32.3 Å². The van der Waals surface area contributed by atoms with E-state index in [1.165, 1.54) is 0 Å². The molecule has 1 aromatic heterocycles. The molecule has 0 amide bonds. The Morgan fingerprint density at radius 1 is 1.33 bits per heavy atom. The van der Waals surface area contributed by atoms with Crippen LogP contribution in [0.5, 0.6) is 0 Å². The van der Waals surface area contributed by atoms with Gasteiger partial charge in [0.15, 0.2) is 0 Å². The lowest BCUT2D eigenvalue weighted by atomic mass is 10.1. The maximum Gasteiger partial charge on any atom is 0.0951 e. The van der Waals surface area contributed by atoms with Crippen LogP contribution in [0, 0.1) is 0 Å². The van der Waals surface area contributed by atoms with E-state index >= 15 is 0 Å². The molecular weight excluding hydrogens is 226 g/mol. The number of hydrogen-bond donors (Lipinski definition) is 1. The van der Waals surface area contributed by atoms with E-state index in [4.69, 9.17) is 10.5 Å². The van der Waals surface area contributed by atoms with Crippen LogP contribution in [0.2, 0.25) is 0 Å². The van der Waals surface area contributed by atoms with Crippen LogP contribution in [0.4, 0.5) is 11.4 Å². The lowest BCUT2D eigenvalue weighted by Gasteiger charge is -2.21. The third-order valence-corrected chi connectivity index (χ3v) is 3.03. The van der Waals surface area contributed by atoms with Gasteiger partial charge in [-0.1, -0.05) is 0 Å². The minimum Gasteiger partial charge on any atom is -0.397 e. The monoisotopic (exact) mass is 245 g/mol. The minimum atomic E-state index is 0.722. The lowest BCUT2D eigenvalue weighted by Crippen LogP contribution is -2.20. The van der Waals surface area contributed by atoms with Crippen molar-refractivity contribution in [3.8, 4) is 0 Å². The highest BCUT2D eigenvalue weighted by Gasteiger charge is 2.08. The standard InChI is InChI=1S/C14H19N3O/c1-17(9-4-10-18-2)13-7-6-12(15)14-11(13)5-3-8-16-14/h3,5-8H,4,9-10,15H2,1-2H3. The van der Waals surface area contributed by atoms with Crippen molar-refractivity contribution in [2.24, 2.45) is 0 Å². The molecule has 0 fully saturated rings. The lowest BCUT2D eigenvalue weighted by molar-refractivity contribution is 0.196. The van der Waals surface area contributed by atoms with Crippen LogP contribution >= 0.6 is 0 Å². The van der Waals surface area contributed by atoms with E-state index in [9.17, 15) is 0 Å². The fraction of sp³-hybridized carbons (Fsp3) is 0.357. The molecule has 4 nitrogen and oxygen atoms in total. The first-order chi connectivity index (χ1) is 8.74. The van der Waals surface area contributed by atoms with Crippen LogP contribution in [0.3, 0.4) is 0 Å². The summed E-state index contributed by atoms with van der Waals surface area (Å²) in [6.45, 7) is 1.72. The van der Waals surface area contributed by atoms with Crippen molar-refractivity contribution in [3.63, 3.8) is 0 Å². The van der Waals surface area contributed by atoms with E-state index in [1.807, 2.05) is 18.2 Å². The van der Waals surface area contributed by atoms with Gasteiger partial charge in [0.1, 0.15) is 0 Å². The van der Waals surface area contributed by atoms with Crippen LogP contribution in [0.25, 0.3) is 10.9 Å². The zero-order valence-electron chi connectivity index (χ0n) is 10.9. The first-order valence-corrected chi connectivity index (χ1v) is 6.07. The topological polar surface area (TPSA) is 51.4 Å². The van der Waals surface area contributed by atoms with Gasteiger partial charge in [0.2, 0.25) is 0 Å². The number of pyridine rings is 1. The summed E-state index contributed by atoms with van der Waals surface area (Å²) in [6, 6.07) is 7.96. The molecule has 1 heterocycles. The molecule has 0 spiro atoms. The van der Waals surface area contributed by atoms with Crippen molar-refractivity contribution in [2.75, 3.05) is 37.9 Å². The van der Waals surface area contributed by atoms with Crippen molar-refractivity contribution >= 4 is 22.3 Å². The minimum absolute atomic E-state index is 0.722. The number of nitrogen functional groups attached to an aromatic ring is 1. The summed E-state index contributed by atoms with van der Waals surface area (Å²) in [7, 11) is 3.80. The summed E-state index contributed by atoms with van der Waals surface area (Å²) < 4.78 is 5.08. The van der Waals surface area contributed by atoms with Crippen LogP contribution in [0.15, 0.2) is 30.5 Å².